The molecule has 4 heteroatoms. The van der Waals surface area contributed by atoms with Gasteiger partial charge in [-0.3, -0.25) is 10.1 Å². The molecule has 1 atom stereocenters. The van der Waals surface area contributed by atoms with E-state index >= 15 is 0 Å². The third-order valence-electron chi connectivity index (χ3n) is 5.44. The number of rotatable bonds is 4. The second kappa shape index (κ2) is 6.25. The quantitative estimate of drug-likeness (QED) is 0.866. The van der Waals surface area contributed by atoms with Crippen molar-refractivity contribution in [3.05, 3.63) is 0 Å². The Hall–Kier alpha value is -0.610. The number of nitrogens with one attached hydrogen (secondary N) is 1. The van der Waals surface area contributed by atoms with Gasteiger partial charge in [0.1, 0.15) is 0 Å². The molecule has 1 aliphatic carbocycles. The summed E-state index contributed by atoms with van der Waals surface area (Å²) in [5.74, 6) is 1.62. The van der Waals surface area contributed by atoms with E-state index in [1.54, 1.807) is 0 Å². The van der Waals surface area contributed by atoms with E-state index in [4.69, 9.17) is 4.74 Å². The van der Waals surface area contributed by atoms with Crippen LogP contribution in [0, 0.1) is 11.8 Å². The fraction of sp³-hybridized carbons (Fsp3) is 0.941. The number of amides is 1. The van der Waals surface area contributed by atoms with E-state index in [1.165, 1.54) is 12.8 Å². The van der Waals surface area contributed by atoms with Crippen molar-refractivity contribution in [2.24, 2.45) is 11.8 Å². The highest BCUT2D eigenvalue weighted by Gasteiger charge is 2.52. The van der Waals surface area contributed by atoms with Crippen LogP contribution in [0.15, 0.2) is 0 Å². The number of hydrogen-bond acceptors (Lipinski definition) is 3. The van der Waals surface area contributed by atoms with E-state index in [9.17, 15) is 4.79 Å². The average Bonchev–Trinajstić information content (AvgIpc) is 3.02. The lowest BCUT2D eigenvalue weighted by Gasteiger charge is -2.31. The molecule has 1 amide bonds. The van der Waals surface area contributed by atoms with Crippen LogP contribution in [-0.2, 0) is 9.53 Å². The van der Waals surface area contributed by atoms with Crippen LogP contribution in [0.1, 0.15) is 58.8 Å². The fourth-order valence-electron chi connectivity index (χ4n) is 4.26. The largest absolute Gasteiger partial charge is 0.381 e. The Morgan fingerprint density at radius 3 is 2.57 bits per heavy atom. The molecule has 1 unspecified atom stereocenters. The SMILES string of the molecule is CC(C)CC1NC2(CCCC2)C(=O)N1CC1CCOCC1. The number of carbonyl (C=O) groups excluding carboxylic acids is 1. The number of hydrogen-bond donors (Lipinski definition) is 1. The monoisotopic (exact) mass is 294 g/mol. The van der Waals surface area contributed by atoms with E-state index in [2.05, 4.69) is 24.1 Å². The highest BCUT2D eigenvalue weighted by atomic mass is 16.5. The zero-order valence-electron chi connectivity index (χ0n) is 13.6. The fourth-order valence-corrected chi connectivity index (χ4v) is 4.26. The zero-order valence-corrected chi connectivity index (χ0v) is 13.6. The van der Waals surface area contributed by atoms with Crippen LogP contribution in [0.25, 0.3) is 0 Å². The van der Waals surface area contributed by atoms with Gasteiger partial charge in [0, 0.05) is 19.8 Å². The van der Waals surface area contributed by atoms with Gasteiger partial charge in [-0.05, 0) is 43.9 Å². The maximum absolute atomic E-state index is 13.0. The summed E-state index contributed by atoms with van der Waals surface area (Å²) in [6.07, 6.45) is 7.97. The molecule has 1 saturated carbocycles. The number of nitrogens with zero attached hydrogens (tertiary/aromatic N) is 1. The van der Waals surface area contributed by atoms with Crippen molar-refractivity contribution < 1.29 is 9.53 Å². The Morgan fingerprint density at radius 2 is 1.95 bits per heavy atom. The first-order valence-electron chi connectivity index (χ1n) is 8.77. The molecule has 2 saturated heterocycles. The molecule has 0 radical (unpaired) electrons. The molecule has 0 aromatic carbocycles. The van der Waals surface area contributed by atoms with E-state index in [0.29, 0.717) is 17.7 Å². The van der Waals surface area contributed by atoms with Crippen LogP contribution in [0.2, 0.25) is 0 Å². The van der Waals surface area contributed by atoms with Crippen molar-refractivity contribution in [1.29, 1.82) is 0 Å². The minimum Gasteiger partial charge on any atom is -0.381 e. The average molecular weight is 294 g/mol. The van der Waals surface area contributed by atoms with Crippen molar-refractivity contribution in [1.82, 2.24) is 10.2 Å². The summed E-state index contributed by atoms with van der Waals surface area (Å²) in [7, 11) is 0. The maximum Gasteiger partial charge on any atom is 0.244 e. The normalized spacial score (nSPS) is 30.0. The van der Waals surface area contributed by atoms with Crippen molar-refractivity contribution in [2.75, 3.05) is 19.8 Å². The minimum absolute atomic E-state index is 0.218. The third-order valence-corrected chi connectivity index (χ3v) is 5.44. The predicted octanol–water partition coefficient (Wildman–Crippen LogP) is 2.53. The summed E-state index contributed by atoms with van der Waals surface area (Å²) in [6.45, 7) is 7.14. The summed E-state index contributed by atoms with van der Waals surface area (Å²) in [4.78, 5) is 15.2. The summed E-state index contributed by atoms with van der Waals surface area (Å²) < 4.78 is 5.46. The molecular weight excluding hydrogens is 264 g/mol. The molecule has 2 heterocycles. The first-order chi connectivity index (χ1) is 10.1. The number of ether oxygens (including phenoxy) is 1. The smallest absolute Gasteiger partial charge is 0.244 e. The Balaban J connectivity index is 1.71. The van der Waals surface area contributed by atoms with Crippen molar-refractivity contribution >= 4 is 5.91 Å². The van der Waals surface area contributed by atoms with Crippen LogP contribution in [0.5, 0.6) is 0 Å². The Labute approximate surface area is 128 Å². The van der Waals surface area contributed by atoms with Gasteiger partial charge in [-0.25, -0.2) is 0 Å². The molecule has 120 valence electrons. The van der Waals surface area contributed by atoms with Gasteiger partial charge in [0.2, 0.25) is 5.91 Å². The molecule has 4 nitrogen and oxygen atoms in total. The Bertz CT molecular complexity index is 371. The minimum atomic E-state index is -0.218. The summed E-state index contributed by atoms with van der Waals surface area (Å²) in [5, 5.41) is 3.73. The Kier molecular flexibility index (Phi) is 4.55. The first kappa shape index (κ1) is 15.3. The highest BCUT2D eigenvalue weighted by molar-refractivity contribution is 5.89. The van der Waals surface area contributed by atoms with Crippen LogP contribution in [0.3, 0.4) is 0 Å². The first-order valence-corrected chi connectivity index (χ1v) is 8.77. The molecule has 1 N–H and O–H groups in total. The van der Waals surface area contributed by atoms with Gasteiger partial charge in [0.05, 0.1) is 11.7 Å². The summed E-state index contributed by atoms with van der Waals surface area (Å²) >= 11 is 0. The third kappa shape index (κ3) is 3.11. The van der Waals surface area contributed by atoms with E-state index in [-0.39, 0.29) is 11.7 Å². The summed E-state index contributed by atoms with van der Waals surface area (Å²) in [5.41, 5.74) is -0.218. The molecule has 3 fully saturated rings. The van der Waals surface area contributed by atoms with Crippen molar-refractivity contribution in [3.8, 4) is 0 Å². The van der Waals surface area contributed by atoms with Crippen LogP contribution < -0.4 is 5.32 Å². The van der Waals surface area contributed by atoms with Gasteiger partial charge in [-0.15, -0.1) is 0 Å². The molecule has 3 aliphatic rings. The lowest BCUT2D eigenvalue weighted by atomic mass is 9.96. The molecule has 21 heavy (non-hydrogen) atoms. The van der Waals surface area contributed by atoms with E-state index in [0.717, 1.165) is 51.9 Å². The molecule has 0 aromatic rings. The lowest BCUT2D eigenvalue weighted by molar-refractivity contribution is -0.134. The molecule has 3 rings (SSSR count). The van der Waals surface area contributed by atoms with Crippen LogP contribution >= 0.6 is 0 Å². The van der Waals surface area contributed by atoms with Crippen LogP contribution in [0.4, 0.5) is 0 Å². The predicted molar refractivity (Wildman–Crippen MR) is 82.8 cm³/mol. The summed E-state index contributed by atoms with van der Waals surface area (Å²) in [6, 6.07) is 0. The van der Waals surface area contributed by atoms with E-state index < -0.39 is 0 Å². The van der Waals surface area contributed by atoms with Crippen LogP contribution in [-0.4, -0.2) is 42.3 Å². The molecule has 2 aliphatic heterocycles. The van der Waals surface area contributed by atoms with Gasteiger partial charge < -0.3 is 9.64 Å². The molecule has 1 spiro atoms. The van der Waals surface area contributed by atoms with E-state index in [1.807, 2.05) is 0 Å². The van der Waals surface area contributed by atoms with Gasteiger partial charge in [-0.2, -0.15) is 0 Å². The van der Waals surface area contributed by atoms with Crippen molar-refractivity contribution in [3.63, 3.8) is 0 Å². The number of carbonyl (C=O) groups is 1. The maximum atomic E-state index is 13.0. The molecule has 0 bridgehead atoms. The zero-order chi connectivity index (χ0) is 14.9. The van der Waals surface area contributed by atoms with Gasteiger partial charge in [-0.1, -0.05) is 26.7 Å². The standard InChI is InChI=1S/C17H30N2O2/c1-13(2)11-15-18-17(7-3-4-8-17)16(20)19(15)12-14-5-9-21-10-6-14/h13-15,18H,3-12H2,1-2H3. The van der Waals surface area contributed by atoms with Gasteiger partial charge in [0.15, 0.2) is 0 Å². The lowest BCUT2D eigenvalue weighted by Crippen LogP contribution is -2.45. The second-order valence-electron chi connectivity index (χ2n) is 7.59. The van der Waals surface area contributed by atoms with Gasteiger partial charge >= 0.3 is 0 Å². The van der Waals surface area contributed by atoms with Gasteiger partial charge in [0.25, 0.3) is 0 Å². The van der Waals surface area contributed by atoms with Crippen molar-refractivity contribution in [2.45, 2.75) is 70.5 Å². The molecule has 0 aromatic heterocycles. The molecular formula is C17H30N2O2. The highest BCUT2D eigenvalue weighted by Crippen LogP contribution is 2.38. The second-order valence-corrected chi connectivity index (χ2v) is 7.59. The topological polar surface area (TPSA) is 41.6 Å². The Morgan fingerprint density at radius 1 is 1.29 bits per heavy atom.